The van der Waals surface area contributed by atoms with Gasteiger partial charge in [0.25, 0.3) is 0 Å². The van der Waals surface area contributed by atoms with Crippen molar-refractivity contribution in [2.24, 2.45) is 5.92 Å². The highest BCUT2D eigenvalue weighted by molar-refractivity contribution is 5.94. The van der Waals surface area contributed by atoms with E-state index < -0.39 is 0 Å². The molecule has 0 unspecified atom stereocenters. The van der Waals surface area contributed by atoms with Crippen LogP contribution in [-0.4, -0.2) is 21.9 Å². The Morgan fingerprint density at radius 3 is 2.67 bits per heavy atom. The minimum absolute atomic E-state index is 0.236. The third-order valence-electron chi connectivity index (χ3n) is 6.21. The Hall–Kier alpha value is -2.65. The van der Waals surface area contributed by atoms with Crippen LogP contribution in [0.1, 0.15) is 41.9 Å². The van der Waals surface area contributed by atoms with E-state index in [2.05, 4.69) is 72.5 Å². The van der Waals surface area contributed by atoms with Crippen LogP contribution in [0.25, 0.3) is 10.9 Å². The average molecular weight is 356 g/mol. The Kier molecular flexibility index (Phi) is 3.98. The normalized spacial score (nSPS) is 24.2. The van der Waals surface area contributed by atoms with Gasteiger partial charge in [0.2, 0.25) is 5.91 Å². The Morgan fingerprint density at radius 1 is 1.07 bits per heavy atom. The molecule has 1 fully saturated rings. The Bertz CT molecular complexity index is 1030. The summed E-state index contributed by atoms with van der Waals surface area (Å²) in [4.78, 5) is 15.7. The molecule has 3 heterocycles. The van der Waals surface area contributed by atoms with Gasteiger partial charge in [-0.25, -0.2) is 0 Å². The second-order valence-corrected chi connectivity index (χ2v) is 7.76. The first-order chi connectivity index (χ1) is 13.2. The first-order valence-corrected chi connectivity index (χ1v) is 9.81. The molecule has 0 N–H and O–H groups in total. The van der Waals surface area contributed by atoms with Crippen molar-refractivity contribution in [3.8, 4) is 0 Å². The summed E-state index contributed by atoms with van der Waals surface area (Å²) < 4.78 is 2.00. The average Bonchev–Trinajstić information content (AvgIpc) is 3.03. The van der Waals surface area contributed by atoms with E-state index in [1.54, 1.807) is 0 Å². The van der Waals surface area contributed by atoms with E-state index in [-0.39, 0.29) is 11.9 Å². The van der Waals surface area contributed by atoms with Crippen LogP contribution in [0.3, 0.4) is 0 Å². The van der Waals surface area contributed by atoms with E-state index in [0.717, 1.165) is 36.1 Å². The highest BCUT2D eigenvalue weighted by Crippen LogP contribution is 2.43. The van der Waals surface area contributed by atoms with Gasteiger partial charge in [-0.3, -0.25) is 14.3 Å². The molecule has 3 heteroatoms. The molecule has 2 aliphatic heterocycles. The van der Waals surface area contributed by atoms with Crippen molar-refractivity contribution < 1.29 is 4.79 Å². The van der Waals surface area contributed by atoms with Gasteiger partial charge in [-0.05, 0) is 37.0 Å². The molecule has 1 aromatic heterocycles. The van der Waals surface area contributed by atoms with Gasteiger partial charge in [0.15, 0.2) is 0 Å². The number of para-hydroxylation sites is 1. The monoisotopic (exact) mass is 356 g/mol. The summed E-state index contributed by atoms with van der Waals surface area (Å²) in [6.45, 7) is 3.96. The molecule has 2 atom stereocenters. The van der Waals surface area contributed by atoms with Crippen molar-refractivity contribution in [2.45, 2.75) is 32.4 Å². The van der Waals surface area contributed by atoms with Crippen LogP contribution in [0.15, 0.2) is 72.3 Å². The van der Waals surface area contributed by atoms with E-state index in [0.29, 0.717) is 12.3 Å². The smallest absolute Gasteiger partial charge is 0.231 e. The number of fused-ring (bicyclic) bond motifs is 6. The van der Waals surface area contributed by atoms with Crippen LogP contribution in [-0.2, 0) is 6.54 Å². The molecular weight excluding hydrogens is 332 g/mol. The first-order valence-electron chi connectivity index (χ1n) is 9.81. The Balaban J connectivity index is 1.63. The van der Waals surface area contributed by atoms with Gasteiger partial charge in [0, 0.05) is 30.6 Å². The van der Waals surface area contributed by atoms with Crippen molar-refractivity contribution in [1.82, 2.24) is 9.47 Å². The van der Waals surface area contributed by atoms with Gasteiger partial charge in [0.1, 0.15) is 0 Å². The zero-order valence-corrected chi connectivity index (χ0v) is 15.6. The Labute approximate surface area is 159 Å². The molecular formula is C24H24N2O. The highest BCUT2D eigenvalue weighted by atomic mass is 16.2. The molecule has 5 rings (SSSR count). The molecule has 0 saturated carbocycles. The third kappa shape index (κ3) is 2.74. The summed E-state index contributed by atoms with van der Waals surface area (Å²) in [5.41, 5.74) is 4.94. The van der Waals surface area contributed by atoms with Crippen molar-refractivity contribution in [3.63, 3.8) is 0 Å². The number of carbonyl (C=O) groups is 1. The third-order valence-corrected chi connectivity index (χ3v) is 6.21. The van der Waals surface area contributed by atoms with Gasteiger partial charge in [-0.2, -0.15) is 0 Å². The van der Waals surface area contributed by atoms with Gasteiger partial charge >= 0.3 is 0 Å². The second-order valence-electron chi connectivity index (χ2n) is 7.76. The largest absolute Gasteiger partial charge is 0.287 e. The van der Waals surface area contributed by atoms with Crippen LogP contribution < -0.4 is 0 Å². The SMILES string of the molecule is C/C=C1/CN(Cc2ccccc2)[C@H]2C[C@@H]1CC(=O)n1c2cc2ccccc21. The maximum Gasteiger partial charge on any atom is 0.231 e. The van der Waals surface area contributed by atoms with Gasteiger partial charge in [-0.15, -0.1) is 0 Å². The summed E-state index contributed by atoms with van der Waals surface area (Å²) in [5.74, 6) is 0.595. The summed E-state index contributed by atoms with van der Waals surface area (Å²) in [6, 6.07) is 21.4. The lowest BCUT2D eigenvalue weighted by Crippen LogP contribution is -2.37. The fourth-order valence-corrected chi connectivity index (χ4v) is 4.88. The fraction of sp³-hybridized carbons (Fsp3) is 0.292. The molecule has 3 nitrogen and oxygen atoms in total. The molecule has 0 amide bonds. The summed E-state index contributed by atoms with van der Waals surface area (Å²) >= 11 is 0. The quantitative estimate of drug-likeness (QED) is 0.590. The second kappa shape index (κ2) is 6.50. The van der Waals surface area contributed by atoms with Crippen molar-refractivity contribution >= 4 is 16.8 Å². The lowest BCUT2D eigenvalue weighted by molar-refractivity contribution is 0.0890. The molecule has 0 spiro atoms. The lowest BCUT2D eigenvalue weighted by Gasteiger charge is -2.39. The van der Waals surface area contributed by atoms with Crippen molar-refractivity contribution in [3.05, 3.63) is 83.6 Å². The molecule has 136 valence electrons. The van der Waals surface area contributed by atoms with E-state index in [4.69, 9.17) is 0 Å². The van der Waals surface area contributed by atoms with E-state index >= 15 is 0 Å². The predicted octanol–water partition coefficient (Wildman–Crippen LogP) is 5.19. The molecule has 1 saturated heterocycles. The topological polar surface area (TPSA) is 25.2 Å². The fourth-order valence-electron chi connectivity index (χ4n) is 4.88. The molecule has 0 radical (unpaired) electrons. The number of benzene rings is 2. The standard InChI is InChI=1S/C24H24N2O/c1-2-18-16-25(15-17-8-4-3-5-9-17)22-13-20(18)14-24(27)26-21-11-7-6-10-19(21)12-23(22)26/h2-12,20,22H,13-16H2,1H3/b18-2-/t20-,22+/m1/s1. The zero-order chi connectivity index (χ0) is 18.4. The maximum atomic E-state index is 13.2. The number of aromatic nitrogens is 1. The molecule has 3 aromatic rings. The number of carbonyl (C=O) groups excluding carboxylic acids is 1. The van der Waals surface area contributed by atoms with Gasteiger partial charge in [0.05, 0.1) is 11.6 Å². The van der Waals surface area contributed by atoms with E-state index in [1.807, 2.05) is 10.6 Å². The minimum atomic E-state index is 0.236. The summed E-state index contributed by atoms with van der Waals surface area (Å²) in [7, 11) is 0. The lowest BCUT2D eigenvalue weighted by atomic mass is 9.83. The van der Waals surface area contributed by atoms with Gasteiger partial charge in [-0.1, -0.05) is 60.2 Å². The maximum absolute atomic E-state index is 13.2. The summed E-state index contributed by atoms with van der Waals surface area (Å²) in [5, 5.41) is 1.16. The van der Waals surface area contributed by atoms with E-state index in [1.165, 1.54) is 11.1 Å². The van der Waals surface area contributed by atoms with Crippen LogP contribution in [0.5, 0.6) is 0 Å². The van der Waals surface area contributed by atoms with Crippen LogP contribution in [0.2, 0.25) is 0 Å². The number of allylic oxidation sites excluding steroid dienone is 1. The molecule has 0 aliphatic carbocycles. The van der Waals surface area contributed by atoms with Crippen molar-refractivity contribution in [2.75, 3.05) is 6.54 Å². The molecule has 2 aliphatic rings. The highest BCUT2D eigenvalue weighted by Gasteiger charge is 2.39. The number of nitrogens with zero attached hydrogens (tertiary/aromatic N) is 2. The number of hydrogen-bond acceptors (Lipinski definition) is 2. The van der Waals surface area contributed by atoms with Gasteiger partial charge < -0.3 is 0 Å². The number of likely N-dealkylation sites (tertiary alicyclic amines) is 1. The minimum Gasteiger partial charge on any atom is -0.287 e. The van der Waals surface area contributed by atoms with Crippen molar-refractivity contribution in [1.29, 1.82) is 0 Å². The Morgan fingerprint density at radius 2 is 1.85 bits per heavy atom. The van der Waals surface area contributed by atoms with Crippen LogP contribution in [0.4, 0.5) is 0 Å². The predicted molar refractivity (Wildman–Crippen MR) is 109 cm³/mol. The number of rotatable bonds is 2. The number of piperidine rings is 1. The number of hydrogen-bond donors (Lipinski definition) is 0. The first kappa shape index (κ1) is 16.5. The molecule has 2 bridgehead atoms. The van der Waals surface area contributed by atoms with Crippen LogP contribution in [0, 0.1) is 5.92 Å². The van der Waals surface area contributed by atoms with Crippen LogP contribution >= 0.6 is 0 Å². The molecule has 2 aromatic carbocycles. The summed E-state index contributed by atoms with van der Waals surface area (Å²) in [6.07, 6.45) is 3.86. The molecule has 27 heavy (non-hydrogen) atoms. The zero-order valence-electron chi connectivity index (χ0n) is 15.6. The van der Waals surface area contributed by atoms with E-state index in [9.17, 15) is 4.79 Å².